The van der Waals surface area contributed by atoms with Crippen LogP contribution in [-0.2, 0) is 4.79 Å². The quantitative estimate of drug-likeness (QED) is 0.242. The molecule has 3 N–H and O–H groups in total. The Hall–Kier alpha value is -4.92. The van der Waals surface area contributed by atoms with Gasteiger partial charge in [0.25, 0.3) is 0 Å². The number of aromatic nitrogens is 6. The summed E-state index contributed by atoms with van der Waals surface area (Å²) < 4.78 is 13.9. The van der Waals surface area contributed by atoms with E-state index in [2.05, 4.69) is 35.5 Å². The highest BCUT2D eigenvalue weighted by Gasteiger charge is 2.23. The number of halogens is 1. The van der Waals surface area contributed by atoms with Gasteiger partial charge in [-0.05, 0) is 49.2 Å². The Morgan fingerprint density at radius 3 is 2.64 bits per heavy atom. The summed E-state index contributed by atoms with van der Waals surface area (Å²) in [6, 6.07) is 14.2. The van der Waals surface area contributed by atoms with Crippen molar-refractivity contribution in [2.45, 2.75) is 25.7 Å². The van der Waals surface area contributed by atoms with E-state index in [9.17, 15) is 9.18 Å². The highest BCUT2D eigenvalue weighted by Crippen LogP contribution is 2.34. The van der Waals surface area contributed by atoms with Gasteiger partial charge in [-0.1, -0.05) is 25.0 Å². The van der Waals surface area contributed by atoms with Gasteiger partial charge < -0.3 is 10.3 Å². The fourth-order valence-electron chi connectivity index (χ4n) is 5.41. The number of aromatic amines is 2. The van der Waals surface area contributed by atoms with Gasteiger partial charge >= 0.3 is 0 Å². The number of fused-ring (bicyclic) bond motifs is 2. The molecule has 1 aromatic carbocycles. The lowest BCUT2D eigenvalue weighted by Gasteiger charge is -2.11. The summed E-state index contributed by atoms with van der Waals surface area (Å²) in [6.45, 7) is 0. The Balaban J connectivity index is 1.25. The minimum atomic E-state index is -0.308. The molecule has 192 valence electrons. The smallest absolute Gasteiger partial charge is 0.227 e. The van der Waals surface area contributed by atoms with E-state index in [0.29, 0.717) is 22.6 Å². The lowest BCUT2D eigenvalue weighted by Crippen LogP contribution is -2.20. The lowest BCUT2D eigenvalue weighted by atomic mass is 10.1. The molecule has 0 spiro atoms. The molecule has 0 bridgehead atoms. The van der Waals surface area contributed by atoms with Gasteiger partial charge in [0, 0.05) is 45.7 Å². The summed E-state index contributed by atoms with van der Waals surface area (Å²) in [5.41, 5.74) is 6.76. The molecule has 1 aliphatic rings. The molecule has 1 aliphatic carbocycles. The molecule has 6 aromatic rings. The van der Waals surface area contributed by atoms with Crippen molar-refractivity contribution < 1.29 is 9.18 Å². The van der Waals surface area contributed by atoms with E-state index >= 15 is 0 Å². The molecule has 0 saturated heterocycles. The number of amides is 1. The van der Waals surface area contributed by atoms with Crippen molar-refractivity contribution in [3.05, 3.63) is 79.1 Å². The van der Waals surface area contributed by atoms with Crippen molar-refractivity contribution in [2.75, 3.05) is 5.32 Å². The topological polar surface area (TPSA) is 112 Å². The normalized spacial score (nSPS) is 13.9. The summed E-state index contributed by atoms with van der Waals surface area (Å²) in [7, 11) is 0. The van der Waals surface area contributed by atoms with Crippen molar-refractivity contribution in [2.24, 2.45) is 5.92 Å². The van der Waals surface area contributed by atoms with E-state index in [0.717, 1.165) is 64.4 Å². The Morgan fingerprint density at radius 1 is 0.897 bits per heavy atom. The van der Waals surface area contributed by atoms with Gasteiger partial charge in [-0.25, -0.2) is 4.39 Å². The van der Waals surface area contributed by atoms with E-state index in [-0.39, 0.29) is 17.6 Å². The number of benzene rings is 1. The first-order valence-electron chi connectivity index (χ1n) is 13.0. The fraction of sp³-hybridized carbons (Fsp3) is 0.167. The second-order valence-electron chi connectivity index (χ2n) is 9.93. The van der Waals surface area contributed by atoms with Crippen molar-refractivity contribution in [3.63, 3.8) is 0 Å². The van der Waals surface area contributed by atoms with Gasteiger partial charge in [-0.3, -0.25) is 24.8 Å². The molecule has 5 aromatic heterocycles. The summed E-state index contributed by atoms with van der Waals surface area (Å²) in [6.07, 6.45) is 10.9. The molecule has 1 saturated carbocycles. The van der Waals surface area contributed by atoms with Crippen LogP contribution < -0.4 is 5.32 Å². The van der Waals surface area contributed by atoms with Crippen LogP contribution in [-0.4, -0.2) is 36.0 Å². The second-order valence-corrected chi connectivity index (χ2v) is 9.93. The highest BCUT2D eigenvalue weighted by atomic mass is 19.1. The summed E-state index contributed by atoms with van der Waals surface area (Å²) in [4.78, 5) is 29.5. The zero-order valence-corrected chi connectivity index (χ0v) is 20.9. The number of rotatable bonds is 5. The number of nitrogens with zero attached hydrogens (tertiary/aromatic N) is 4. The third-order valence-electron chi connectivity index (χ3n) is 7.38. The summed E-state index contributed by atoms with van der Waals surface area (Å²) in [5, 5.41) is 12.4. The van der Waals surface area contributed by atoms with Crippen LogP contribution in [0.15, 0.2) is 73.3 Å². The monoisotopic (exact) mass is 517 g/mol. The van der Waals surface area contributed by atoms with Crippen LogP contribution in [0.3, 0.4) is 0 Å². The zero-order chi connectivity index (χ0) is 26.3. The number of hydrogen-bond acceptors (Lipinski definition) is 5. The average Bonchev–Trinajstić information content (AvgIpc) is 3.72. The maximum atomic E-state index is 13.9. The van der Waals surface area contributed by atoms with E-state index in [1.165, 1.54) is 12.1 Å². The summed E-state index contributed by atoms with van der Waals surface area (Å²) >= 11 is 0. The van der Waals surface area contributed by atoms with E-state index < -0.39 is 0 Å². The maximum Gasteiger partial charge on any atom is 0.227 e. The molecule has 1 amide bonds. The largest absolute Gasteiger partial charge is 0.353 e. The van der Waals surface area contributed by atoms with Crippen molar-refractivity contribution in [1.29, 1.82) is 0 Å². The molecule has 1 fully saturated rings. The van der Waals surface area contributed by atoms with Crippen LogP contribution in [0.5, 0.6) is 0 Å². The van der Waals surface area contributed by atoms with Gasteiger partial charge in [0.2, 0.25) is 5.91 Å². The first-order chi connectivity index (χ1) is 19.1. The van der Waals surface area contributed by atoms with Crippen molar-refractivity contribution in [1.82, 2.24) is 30.1 Å². The molecule has 0 unspecified atom stereocenters. The van der Waals surface area contributed by atoms with Gasteiger partial charge in [-0.15, -0.1) is 0 Å². The van der Waals surface area contributed by atoms with Crippen molar-refractivity contribution in [3.8, 4) is 33.9 Å². The Labute approximate surface area is 222 Å². The predicted molar refractivity (Wildman–Crippen MR) is 148 cm³/mol. The molecular weight excluding hydrogens is 493 g/mol. The molecule has 5 heterocycles. The number of nitrogens with one attached hydrogen (secondary N) is 3. The minimum absolute atomic E-state index is 0.0536. The summed E-state index contributed by atoms with van der Waals surface area (Å²) in [5.74, 6) is -0.181. The molecule has 9 heteroatoms. The van der Waals surface area contributed by atoms with Crippen LogP contribution in [0.4, 0.5) is 10.1 Å². The number of pyridine rings is 3. The third-order valence-corrected chi connectivity index (χ3v) is 7.38. The first kappa shape index (κ1) is 23.2. The van der Waals surface area contributed by atoms with E-state index in [4.69, 9.17) is 0 Å². The highest BCUT2D eigenvalue weighted by molar-refractivity contribution is 6.00. The van der Waals surface area contributed by atoms with Gasteiger partial charge in [-0.2, -0.15) is 5.10 Å². The van der Waals surface area contributed by atoms with Crippen LogP contribution >= 0.6 is 0 Å². The predicted octanol–water partition coefficient (Wildman–Crippen LogP) is 6.50. The Morgan fingerprint density at radius 2 is 1.77 bits per heavy atom. The second kappa shape index (κ2) is 9.43. The van der Waals surface area contributed by atoms with E-state index in [1.54, 1.807) is 30.9 Å². The Kier molecular flexibility index (Phi) is 5.61. The molecular formula is C30H24FN7O. The third kappa shape index (κ3) is 4.31. The SMILES string of the molecule is O=C(Nc1cncc(-c2cc3c(-c4cc5c(-c6cccc(F)c6)nccc5[nH]4)n[nH]c3cn2)c1)C1CCCC1. The fourth-order valence-corrected chi connectivity index (χ4v) is 5.41. The molecule has 39 heavy (non-hydrogen) atoms. The zero-order valence-electron chi connectivity index (χ0n) is 20.9. The van der Waals surface area contributed by atoms with Crippen LogP contribution in [0.2, 0.25) is 0 Å². The van der Waals surface area contributed by atoms with Crippen LogP contribution in [0.1, 0.15) is 25.7 Å². The average molecular weight is 518 g/mol. The molecule has 0 atom stereocenters. The van der Waals surface area contributed by atoms with Crippen LogP contribution in [0.25, 0.3) is 55.7 Å². The van der Waals surface area contributed by atoms with Gasteiger partial charge in [0.05, 0.1) is 40.7 Å². The lowest BCUT2D eigenvalue weighted by molar-refractivity contribution is -0.119. The standard InChI is InChI=1S/C30H24FN7O/c31-20-7-3-6-18(10-20)28-22-13-26(36-24(22)8-9-33-28)29-23-12-25(34-16-27(23)37-38-29)19-11-21(15-32-14-19)35-30(39)17-4-1-2-5-17/h3,6-17,36H,1-2,4-5H2,(H,35,39)(H,37,38). The van der Waals surface area contributed by atoms with Crippen molar-refractivity contribution >= 4 is 33.4 Å². The number of carbonyl (C=O) groups is 1. The van der Waals surface area contributed by atoms with Gasteiger partial charge in [0.15, 0.2) is 0 Å². The maximum absolute atomic E-state index is 13.9. The Bertz CT molecular complexity index is 1850. The molecule has 0 aliphatic heterocycles. The van der Waals surface area contributed by atoms with E-state index in [1.807, 2.05) is 30.3 Å². The number of anilines is 1. The number of H-pyrrole nitrogens is 2. The van der Waals surface area contributed by atoms with Gasteiger partial charge in [0.1, 0.15) is 11.5 Å². The molecule has 7 rings (SSSR count). The van der Waals surface area contributed by atoms with Crippen LogP contribution in [0, 0.1) is 11.7 Å². The number of carbonyl (C=O) groups excluding carboxylic acids is 1. The first-order valence-corrected chi connectivity index (χ1v) is 13.0. The molecule has 8 nitrogen and oxygen atoms in total. The molecule has 0 radical (unpaired) electrons. The minimum Gasteiger partial charge on any atom is -0.353 e. The number of hydrogen-bond donors (Lipinski definition) is 3.